The van der Waals surface area contributed by atoms with Gasteiger partial charge in [-0.15, -0.1) is 0 Å². The third kappa shape index (κ3) is 3.65. The molecule has 1 aliphatic carbocycles. The molecule has 1 aliphatic rings. The van der Waals surface area contributed by atoms with E-state index in [2.05, 4.69) is 4.98 Å². The number of rotatable bonds is 6. The van der Waals surface area contributed by atoms with Crippen LogP contribution in [0.1, 0.15) is 29.2 Å². The average molecular weight is 367 g/mol. The van der Waals surface area contributed by atoms with Gasteiger partial charge in [0.05, 0.1) is 12.8 Å². The summed E-state index contributed by atoms with van der Waals surface area (Å²) in [4.78, 5) is 19.1. The van der Waals surface area contributed by atoms with Crippen molar-refractivity contribution < 1.29 is 9.21 Å². The minimum absolute atomic E-state index is 0.0264. The van der Waals surface area contributed by atoms with Crippen molar-refractivity contribution in [3.8, 4) is 0 Å². The van der Waals surface area contributed by atoms with Gasteiger partial charge in [0.25, 0.3) is 0 Å². The van der Waals surface area contributed by atoms with Crippen LogP contribution in [-0.4, -0.2) is 15.8 Å². The number of halogens is 1. The highest BCUT2D eigenvalue weighted by Gasteiger charge is 2.46. The van der Waals surface area contributed by atoms with Gasteiger partial charge in [0.15, 0.2) is 0 Å². The standard InChI is InChI=1S/C21H19ClN2O2/c22-20-8-2-1-7-17(20)18-11-19(18)21(25)24(14-16-6-4-10-26-16)13-15-5-3-9-23-12-15/h1-10,12,18-19H,11,13-14H2. The van der Waals surface area contributed by atoms with Gasteiger partial charge in [-0.2, -0.15) is 0 Å². The third-order valence-electron chi connectivity index (χ3n) is 4.75. The molecule has 2 aromatic heterocycles. The van der Waals surface area contributed by atoms with Crippen LogP contribution in [0.3, 0.4) is 0 Å². The Morgan fingerprint density at radius 3 is 2.77 bits per heavy atom. The van der Waals surface area contributed by atoms with Crippen LogP contribution in [-0.2, 0) is 17.9 Å². The summed E-state index contributed by atoms with van der Waals surface area (Å²) in [5.74, 6) is 1.08. The molecule has 26 heavy (non-hydrogen) atoms. The molecule has 5 heteroatoms. The lowest BCUT2D eigenvalue weighted by molar-refractivity contribution is -0.134. The Morgan fingerprint density at radius 2 is 2.04 bits per heavy atom. The van der Waals surface area contributed by atoms with E-state index in [4.69, 9.17) is 16.0 Å². The molecule has 4 nitrogen and oxygen atoms in total. The number of benzene rings is 1. The van der Waals surface area contributed by atoms with Crippen LogP contribution in [0.2, 0.25) is 5.02 Å². The van der Waals surface area contributed by atoms with E-state index in [1.165, 1.54) is 0 Å². The minimum Gasteiger partial charge on any atom is -0.467 e. The predicted octanol–water partition coefficient (Wildman–Crippen LogP) is 4.66. The summed E-state index contributed by atoms with van der Waals surface area (Å²) in [6.45, 7) is 0.964. The van der Waals surface area contributed by atoms with Crippen molar-refractivity contribution in [1.82, 2.24) is 9.88 Å². The second kappa shape index (κ2) is 7.34. The number of carbonyl (C=O) groups excluding carboxylic acids is 1. The lowest BCUT2D eigenvalue weighted by atomic mass is 10.1. The van der Waals surface area contributed by atoms with Gasteiger partial charge < -0.3 is 9.32 Å². The number of furan rings is 1. The SMILES string of the molecule is O=C(C1CC1c1ccccc1Cl)N(Cc1cccnc1)Cc1ccco1. The van der Waals surface area contributed by atoms with Gasteiger partial charge in [0, 0.05) is 29.9 Å². The van der Waals surface area contributed by atoms with Gasteiger partial charge in [-0.25, -0.2) is 0 Å². The largest absolute Gasteiger partial charge is 0.467 e. The molecule has 1 amide bonds. The van der Waals surface area contributed by atoms with Crippen LogP contribution in [0.4, 0.5) is 0 Å². The second-order valence-electron chi connectivity index (χ2n) is 6.61. The Labute approximate surface area is 157 Å². The van der Waals surface area contributed by atoms with Crippen molar-refractivity contribution in [2.24, 2.45) is 5.92 Å². The molecule has 0 radical (unpaired) electrons. The second-order valence-corrected chi connectivity index (χ2v) is 7.01. The van der Waals surface area contributed by atoms with E-state index in [0.717, 1.165) is 28.3 Å². The number of pyridine rings is 1. The molecule has 3 aromatic rings. The molecule has 2 unspecified atom stereocenters. The van der Waals surface area contributed by atoms with Crippen molar-refractivity contribution in [2.75, 3.05) is 0 Å². The van der Waals surface area contributed by atoms with E-state index in [-0.39, 0.29) is 17.7 Å². The zero-order valence-corrected chi connectivity index (χ0v) is 15.0. The number of carbonyl (C=O) groups is 1. The first-order chi connectivity index (χ1) is 12.7. The normalized spacial score (nSPS) is 18.5. The van der Waals surface area contributed by atoms with Gasteiger partial charge in [0.2, 0.25) is 5.91 Å². The molecule has 1 fully saturated rings. The van der Waals surface area contributed by atoms with Crippen LogP contribution in [0.5, 0.6) is 0 Å². The monoisotopic (exact) mass is 366 g/mol. The minimum atomic E-state index is -0.0264. The summed E-state index contributed by atoms with van der Waals surface area (Å²) < 4.78 is 5.45. The summed E-state index contributed by atoms with van der Waals surface area (Å²) in [5, 5.41) is 0.734. The number of nitrogens with zero attached hydrogens (tertiary/aromatic N) is 2. The van der Waals surface area contributed by atoms with E-state index in [1.54, 1.807) is 18.7 Å². The van der Waals surface area contributed by atoms with Gasteiger partial charge in [-0.05, 0) is 47.7 Å². The summed E-state index contributed by atoms with van der Waals surface area (Å²) in [6, 6.07) is 15.4. The van der Waals surface area contributed by atoms with Crippen molar-refractivity contribution in [3.63, 3.8) is 0 Å². The zero-order valence-electron chi connectivity index (χ0n) is 14.2. The Kier molecular flexibility index (Phi) is 4.76. The first-order valence-electron chi connectivity index (χ1n) is 8.67. The van der Waals surface area contributed by atoms with Crippen molar-refractivity contribution in [1.29, 1.82) is 0 Å². The fourth-order valence-electron chi connectivity index (χ4n) is 3.34. The molecule has 0 N–H and O–H groups in total. The summed E-state index contributed by atoms with van der Waals surface area (Å²) in [5.41, 5.74) is 2.06. The molecule has 2 heterocycles. The Morgan fingerprint density at radius 1 is 1.15 bits per heavy atom. The zero-order chi connectivity index (χ0) is 17.9. The fourth-order valence-corrected chi connectivity index (χ4v) is 3.61. The molecule has 0 spiro atoms. The summed E-state index contributed by atoms with van der Waals surface area (Å²) in [6.07, 6.45) is 5.99. The predicted molar refractivity (Wildman–Crippen MR) is 99.5 cm³/mol. The number of hydrogen-bond acceptors (Lipinski definition) is 3. The van der Waals surface area contributed by atoms with Gasteiger partial charge in [-0.3, -0.25) is 9.78 Å². The number of hydrogen-bond donors (Lipinski definition) is 0. The van der Waals surface area contributed by atoms with E-state index in [9.17, 15) is 4.79 Å². The first-order valence-corrected chi connectivity index (χ1v) is 9.04. The van der Waals surface area contributed by atoms with Crippen LogP contribution in [0.25, 0.3) is 0 Å². The quantitative estimate of drug-likeness (QED) is 0.637. The third-order valence-corrected chi connectivity index (χ3v) is 5.09. The van der Waals surface area contributed by atoms with E-state index in [0.29, 0.717) is 13.1 Å². The Balaban J connectivity index is 1.52. The highest BCUT2D eigenvalue weighted by molar-refractivity contribution is 6.31. The van der Waals surface area contributed by atoms with E-state index in [1.807, 2.05) is 53.4 Å². The highest BCUT2D eigenvalue weighted by Crippen LogP contribution is 2.50. The number of aromatic nitrogens is 1. The van der Waals surface area contributed by atoms with Gasteiger partial charge in [-0.1, -0.05) is 35.9 Å². The lowest BCUT2D eigenvalue weighted by Gasteiger charge is -2.22. The lowest BCUT2D eigenvalue weighted by Crippen LogP contribution is -2.31. The topological polar surface area (TPSA) is 46.3 Å². The van der Waals surface area contributed by atoms with Crippen LogP contribution < -0.4 is 0 Å². The van der Waals surface area contributed by atoms with Crippen molar-refractivity contribution in [3.05, 3.63) is 89.1 Å². The van der Waals surface area contributed by atoms with Crippen LogP contribution >= 0.6 is 11.6 Å². The molecule has 132 valence electrons. The molecule has 4 rings (SSSR count). The van der Waals surface area contributed by atoms with Crippen molar-refractivity contribution in [2.45, 2.75) is 25.4 Å². The van der Waals surface area contributed by atoms with E-state index >= 15 is 0 Å². The molecule has 1 aromatic carbocycles. The van der Waals surface area contributed by atoms with E-state index < -0.39 is 0 Å². The molecular formula is C21H19ClN2O2. The molecule has 2 atom stereocenters. The van der Waals surface area contributed by atoms with Crippen molar-refractivity contribution >= 4 is 17.5 Å². The van der Waals surface area contributed by atoms with Crippen LogP contribution in [0.15, 0.2) is 71.6 Å². The maximum absolute atomic E-state index is 13.2. The summed E-state index contributed by atoms with van der Waals surface area (Å²) in [7, 11) is 0. The molecular weight excluding hydrogens is 348 g/mol. The fraction of sp³-hybridized carbons (Fsp3) is 0.238. The number of amides is 1. The summed E-state index contributed by atoms with van der Waals surface area (Å²) >= 11 is 6.31. The maximum atomic E-state index is 13.2. The average Bonchev–Trinajstić information content (AvgIpc) is 3.29. The molecule has 1 saturated carbocycles. The molecule has 0 bridgehead atoms. The smallest absolute Gasteiger partial charge is 0.227 e. The molecule has 0 aliphatic heterocycles. The maximum Gasteiger partial charge on any atom is 0.227 e. The Hall–Kier alpha value is -2.59. The molecule has 0 saturated heterocycles. The van der Waals surface area contributed by atoms with Crippen LogP contribution in [0, 0.1) is 5.92 Å². The van der Waals surface area contributed by atoms with Gasteiger partial charge in [0.1, 0.15) is 5.76 Å². The highest BCUT2D eigenvalue weighted by atomic mass is 35.5. The van der Waals surface area contributed by atoms with Gasteiger partial charge >= 0.3 is 0 Å². The first kappa shape index (κ1) is 16.9. The Bertz CT molecular complexity index is 880.